The van der Waals surface area contributed by atoms with E-state index in [1.54, 1.807) is 75.4 Å². The highest BCUT2D eigenvalue weighted by Gasteiger charge is 2.37. The molecule has 1 N–H and O–H groups in total. The van der Waals surface area contributed by atoms with Crippen molar-refractivity contribution in [1.29, 1.82) is 0 Å². The van der Waals surface area contributed by atoms with Crippen LogP contribution < -0.4 is 5.32 Å². The van der Waals surface area contributed by atoms with Crippen LogP contribution in [0.5, 0.6) is 0 Å². The maximum absolute atomic E-state index is 12.7. The van der Waals surface area contributed by atoms with E-state index in [0.29, 0.717) is 15.6 Å². The highest BCUT2D eigenvalue weighted by atomic mass is 79.9. The van der Waals surface area contributed by atoms with E-state index < -0.39 is 23.5 Å². The van der Waals surface area contributed by atoms with Gasteiger partial charge in [0.1, 0.15) is 5.60 Å². The molecule has 0 spiro atoms. The first kappa shape index (κ1) is 20.6. The van der Waals surface area contributed by atoms with Crippen LogP contribution >= 0.6 is 15.9 Å². The molecule has 0 fully saturated rings. The molecule has 0 aliphatic carbocycles. The van der Waals surface area contributed by atoms with Gasteiger partial charge in [-0.15, -0.1) is 0 Å². The summed E-state index contributed by atoms with van der Waals surface area (Å²) in [5.41, 5.74) is 9.37. The second-order valence-electron chi connectivity index (χ2n) is 6.78. The van der Waals surface area contributed by atoms with Crippen molar-refractivity contribution < 1.29 is 19.1 Å². The Balaban J connectivity index is 2.40. The molecule has 2 rings (SSSR count). The van der Waals surface area contributed by atoms with Gasteiger partial charge in [-0.1, -0.05) is 42.5 Å². The third-order valence-electron chi connectivity index (χ3n) is 3.52. The summed E-state index contributed by atoms with van der Waals surface area (Å²) < 4.78 is 5.92. The summed E-state index contributed by atoms with van der Waals surface area (Å²) in [4.78, 5) is 28.4. The predicted molar refractivity (Wildman–Crippen MR) is 105 cm³/mol. The van der Waals surface area contributed by atoms with Gasteiger partial charge in [0.25, 0.3) is 5.91 Å². The van der Waals surface area contributed by atoms with Gasteiger partial charge in [0.15, 0.2) is 6.04 Å². The Labute approximate surface area is 166 Å². The Morgan fingerprint density at radius 3 is 2.22 bits per heavy atom. The van der Waals surface area contributed by atoms with Crippen LogP contribution in [-0.2, 0) is 9.53 Å². The Kier molecular flexibility index (Phi) is 6.66. The molecule has 0 bridgehead atoms. The lowest BCUT2D eigenvalue weighted by Gasteiger charge is -2.20. The van der Waals surface area contributed by atoms with Crippen molar-refractivity contribution in [3.63, 3.8) is 0 Å². The summed E-state index contributed by atoms with van der Waals surface area (Å²) >= 11 is 3.33. The predicted octanol–water partition coefficient (Wildman–Crippen LogP) is 3.93. The molecule has 0 saturated carbocycles. The van der Waals surface area contributed by atoms with Gasteiger partial charge in [0.2, 0.25) is 0 Å². The van der Waals surface area contributed by atoms with Crippen molar-refractivity contribution in [3.8, 4) is 0 Å². The number of nitrogens with one attached hydrogen (secondary N) is 1. The molecule has 0 aliphatic heterocycles. The number of hydrogen-bond acceptors (Lipinski definition) is 3. The number of nitrogens with zero attached hydrogens (tertiary/aromatic N) is 2. The van der Waals surface area contributed by atoms with Crippen LogP contribution in [-0.4, -0.2) is 28.0 Å². The summed E-state index contributed by atoms with van der Waals surface area (Å²) in [6.45, 7) is 5.12. The van der Waals surface area contributed by atoms with Crippen molar-refractivity contribution in [2.75, 3.05) is 0 Å². The van der Waals surface area contributed by atoms with Crippen molar-refractivity contribution in [2.24, 2.45) is 0 Å². The zero-order valence-electron chi connectivity index (χ0n) is 15.3. The lowest BCUT2D eigenvalue weighted by molar-refractivity contribution is -0.151. The van der Waals surface area contributed by atoms with Crippen molar-refractivity contribution in [2.45, 2.75) is 32.4 Å². The molecule has 0 radical (unpaired) electrons. The Bertz CT molecular complexity index is 885. The van der Waals surface area contributed by atoms with Gasteiger partial charge in [-0.3, -0.25) is 4.79 Å². The quantitative estimate of drug-likeness (QED) is 0.337. The zero-order valence-corrected chi connectivity index (χ0v) is 16.9. The monoisotopic (exact) mass is 429 g/mol. The van der Waals surface area contributed by atoms with Gasteiger partial charge < -0.3 is 15.6 Å². The molecule has 7 heteroatoms. The molecular formula is C20H20BrN3O3. The second kappa shape index (κ2) is 8.75. The zero-order chi connectivity index (χ0) is 20.0. The first-order chi connectivity index (χ1) is 12.7. The van der Waals surface area contributed by atoms with Gasteiger partial charge in [-0.2, -0.15) is 4.79 Å². The number of rotatable bonds is 5. The molecule has 0 heterocycles. The number of ether oxygens (including phenoxy) is 1. The number of benzene rings is 2. The van der Waals surface area contributed by atoms with Crippen LogP contribution in [0.15, 0.2) is 59.1 Å². The maximum Gasteiger partial charge on any atom is 0.420 e. The molecule has 0 aliphatic rings. The van der Waals surface area contributed by atoms with Crippen LogP contribution in [0.25, 0.3) is 5.53 Å². The van der Waals surface area contributed by atoms with Crippen molar-refractivity contribution in [3.05, 3.63) is 75.7 Å². The average Bonchev–Trinajstić information content (AvgIpc) is 2.61. The summed E-state index contributed by atoms with van der Waals surface area (Å²) in [5.74, 6) is -1.24. The molecular weight excluding hydrogens is 410 g/mol. The first-order valence-electron chi connectivity index (χ1n) is 8.28. The highest BCUT2D eigenvalue weighted by molar-refractivity contribution is 9.10. The fourth-order valence-corrected chi connectivity index (χ4v) is 2.82. The van der Waals surface area contributed by atoms with E-state index >= 15 is 0 Å². The summed E-state index contributed by atoms with van der Waals surface area (Å²) in [6.07, 6.45) is 0. The minimum absolute atomic E-state index is 0.309. The van der Waals surface area contributed by atoms with Crippen molar-refractivity contribution >= 4 is 33.5 Å². The third-order valence-corrected chi connectivity index (χ3v) is 4.21. The molecule has 6 nitrogen and oxygen atoms in total. The maximum atomic E-state index is 12.7. The average molecular weight is 430 g/mol. The number of esters is 1. The molecule has 0 unspecified atom stereocenters. The topological polar surface area (TPSA) is 91.8 Å². The van der Waals surface area contributed by atoms with Crippen LogP contribution in [0.1, 0.15) is 42.7 Å². The fourth-order valence-electron chi connectivity index (χ4n) is 2.36. The van der Waals surface area contributed by atoms with Gasteiger partial charge in [-0.25, -0.2) is 4.79 Å². The van der Waals surface area contributed by atoms with Gasteiger partial charge in [0.05, 0.1) is 5.56 Å². The minimum Gasteiger partial charge on any atom is -0.451 e. The van der Waals surface area contributed by atoms with Crippen LogP contribution in [0.3, 0.4) is 0 Å². The normalized spacial score (nSPS) is 11.9. The van der Waals surface area contributed by atoms with Crippen LogP contribution in [0, 0.1) is 0 Å². The summed E-state index contributed by atoms with van der Waals surface area (Å²) in [6, 6.07) is 14.7. The minimum atomic E-state index is -0.981. The Morgan fingerprint density at radius 1 is 1.07 bits per heavy atom. The fraction of sp³-hybridized carbons (Fsp3) is 0.250. The second-order valence-corrected chi connectivity index (χ2v) is 7.64. The lowest BCUT2D eigenvalue weighted by Crippen LogP contribution is -2.40. The highest BCUT2D eigenvalue weighted by Crippen LogP contribution is 2.20. The molecule has 2 aromatic carbocycles. The summed E-state index contributed by atoms with van der Waals surface area (Å²) in [7, 11) is 0. The van der Waals surface area contributed by atoms with E-state index in [9.17, 15) is 15.1 Å². The Hall–Kier alpha value is -2.76. The van der Waals surface area contributed by atoms with Crippen LogP contribution in [0.2, 0.25) is 0 Å². The van der Waals surface area contributed by atoms with E-state index in [-0.39, 0.29) is 5.71 Å². The number of amides is 1. The molecule has 0 saturated heterocycles. The number of carbonyl (C=O) groups excluding carboxylic acids is 2. The van der Waals surface area contributed by atoms with E-state index in [4.69, 9.17) is 4.74 Å². The van der Waals surface area contributed by atoms with Gasteiger partial charge in [-0.05, 0) is 54.4 Å². The van der Waals surface area contributed by atoms with Gasteiger partial charge >= 0.3 is 11.7 Å². The smallest absolute Gasteiger partial charge is 0.420 e. The van der Waals surface area contributed by atoms with Crippen LogP contribution in [0.4, 0.5) is 0 Å². The Morgan fingerprint density at radius 2 is 1.67 bits per heavy atom. The summed E-state index contributed by atoms with van der Waals surface area (Å²) in [5, 5.41) is 2.75. The molecule has 1 amide bonds. The SMILES string of the molecule is CC(C)(C)OC(=O)C(=[N+]=[N-])[C@@H](NC(=O)c1ccccc1Br)c1ccccc1. The number of halogens is 1. The van der Waals surface area contributed by atoms with Gasteiger partial charge in [0, 0.05) is 4.47 Å². The first-order valence-corrected chi connectivity index (χ1v) is 9.08. The van der Waals surface area contributed by atoms with E-state index in [1.807, 2.05) is 0 Å². The molecule has 0 aromatic heterocycles. The van der Waals surface area contributed by atoms with E-state index in [1.165, 1.54) is 0 Å². The number of carbonyl (C=O) groups is 2. The lowest BCUT2D eigenvalue weighted by atomic mass is 10.0. The van der Waals surface area contributed by atoms with Crippen molar-refractivity contribution in [1.82, 2.24) is 5.32 Å². The third kappa shape index (κ3) is 5.61. The van der Waals surface area contributed by atoms with E-state index in [2.05, 4.69) is 26.0 Å². The molecule has 140 valence electrons. The molecule has 2 aromatic rings. The molecule has 1 atom stereocenters. The number of hydrogen-bond donors (Lipinski definition) is 1. The largest absolute Gasteiger partial charge is 0.451 e. The molecule has 27 heavy (non-hydrogen) atoms. The standard InChI is InChI=1S/C20H20BrN3O3/c1-20(2,3)27-19(26)17(24-22)16(13-9-5-4-6-10-13)23-18(25)14-11-7-8-12-15(14)21/h4-12,16H,1-3H3,(H,23,25)/t16-/m0/s1. The van der Waals surface area contributed by atoms with E-state index in [0.717, 1.165) is 0 Å².